The Balaban J connectivity index is 1.88. The summed E-state index contributed by atoms with van der Waals surface area (Å²) in [4.78, 5) is 10.8. The van der Waals surface area contributed by atoms with Crippen LogP contribution >= 0.6 is 11.3 Å². The molecule has 2 heterocycles. The van der Waals surface area contributed by atoms with E-state index in [1.807, 2.05) is 24.1 Å². The topological polar surface area (TPSA) is 53.7 Å². The van der Waals surface area contributed by atoms with Gasteiger partial charge >= 0.3 is 0 Å². The maximum Gasteiger partial charge on any atom is 0.194 e. The number of thiazole rings is 1. The highest BCUT2D eigenvalue weighted by Crippen LogP contribution is 2.10. The first-order valence-electron chi connectivity index (χ1n) is 6.60. The summed E-state index contributed by atoms with van der Waals surface area (Å²) in [6.07, 6.45) is 2.67. The number of nitrogens with zero attached hydrogens (tertiary/aromatic N) is 3. The number of aryl methyl sites for hydroxylation is 1. The molecular weight excluding hydrogens is 272 g/mol. The van der Waals surface area contributed by atoms with Crippen molar-refractivity contribution in [2.45, 2.75) is 26.4 Å². The molecule has 0 fully saturated rings. The van der Waals surface area contributed by atoms with E-state index in [4.69, 9.17) is 4.42 Å². The molecule has 2 rings (SSSR count). The third-order valence-electron chi connectivity index (χ3n) is 2.88. The van der Waals surface area contributed by atoms with E-state index in [2.05, 4.69) is 27.6 Å². The number of hydrogen-bond donors (Lipinski definition) is 1. The van der Waals surface area contributed by atoms with Crippen molar-refractivity contribution in [3.8, 4) is 0 Å². The molecule has 5 nitrogen and oxygen atoms in total. The van der Waals surface area contributed by atoms with Gasteiger partial charge in [0.15, 0.2) is 5.96 Å². The van der Waals surface area contributed by atoms with Crippen molar-refractivity contribution in [3.63, 3.8) is 0 Å². The second-order valence-electron chi connectivity index (χ2n) is 4.42. The quantitative estimate of drug-likeness (QED) is 0.679. The Hall–Kier alpha value is -1.82. The Kier molecular flexibility index (Phi) is 5.17. The SMILES string of the molecule is CCc1nc(CNC(=NC)N(C)Cc2ccco2)cs1. The second kappa shape index (κ2) is 7.09. The molecule has 2 aromatic rings. The average Bonchev–Trinajstić information content (AvgIpc) is 3.10. The number of nitrogens with one attached hydrogen (secondary N) is 1. The van der Waals surface area contributed by atoms with Crippen LogP contribution in [0.5, 0.6) is 0 Å². The minimum Gasteiger partial charge on any atom is -0.467 e. The van der Waals surface area contributed by atoms with Crippen LogP contribution in [0, 0.1) is 0 Å². The Morgan fingerprint density at radius 1 is 1.55 bits per heavy atom. The van der Waals surface area contributed by atoms with E-state index < -0.39 is 0 Å². The molecule has 108 valence electrons. The molecule has 20 heavy (non-hydrogen) atoms. The van der Waals surface area contributed by atoms with Crippen LogP contribution in [0.4, 0.5) is 0 Å². The van der Waals surface area contributed by atoms with Gasteiger partial charge in [-0.25, -0.2) is 4.98 Å². The van der Waals surface area contributed by atoms with E-state index in [-0.39, 0.29) is 0 Å². The Morgan fingerprint density at radius 3 is 3.00 bits per heavy atom. The number of rotatable bonds is 5. The minimum atomic E-state index is 0.684. The third-order valence-corrected chi connectivity index (χ3v) is 3.92. The van der Waals surface area contributed by atoms with E-state index in [1.54, 1.807) is 24.6 Å². The largest absolute Gasteiger partial charge is 0.467 e. The fraction of sp³-hybridized carbons (Fsp3) is 0.429. The van der Waals surface area contributed by atoms with Gasteiger partial charge in [0.25, 0.3) is 0 Å². The van der Waals surface area contributed by atoms with Crippen molar-refractivity contribution in [1.29, 1.82) is 0 Å². The van der Waals surface area contributed by atoms with Gasteiger partial charge in [0.05, 0.1) is 30.1 Å². The van der Waals surface area contributed by atoms with Crippen molar-refractivity contribution in [1.82, 2.24) is 15.2 Å². The summed E-state index contributed by atoms with van der Waals surface area (Å²) in [5, 5.41) is 6.57. The van der Waals surface area contributed by atoms with Crippen LogP contribution < -0.4 is 5.32 Å². The van der Waals surface area contributed by atoms with Crippen LogP contribution in [0.3, 0.4) is 0 Å². The van der Waals surface area contributed by atoms with Gasteiger partial charge in [0.1, 0.15) is 5.76 Å². The molecule has 0 amide bonds. The van der Waals surface area contributed by atoms with E-state index in [1.165, 1.54) is 5.01 Å². The van der Waals surface area contributed by atoms with Crippen LogP contribution in [0.2, 0.25) is 0 Å². The average molecular weight is 292 g/mol. The maximum absolute atomic E-state index is 5.34. The first-order valence-corrected chi connectivity index (χ1v) is 7.48. The van der Waals surface area contributed by atoms with Crippen molar-refractivity contribution < 1.29 is 4.42 Å². The molecule has 0 aliphatic rings. The molecule has 0 atom stereocenters. The zero-order chi connectivity index (χ0) is 14.4. The zero-order valence-corrected chi connectivity index (χ0v) is 12.9. The van der Waals surface area contributed by atoms with Gasteiger partial charge in [-0.2, -0.15) is 0 Å². The number of guanidine groups is 1. The van der Waals surface area contributed by atoms with Gasteiger partial charge in [-0.15, -0.1) is 11.3 Å². The van der Waals surface area contributed by atoms with Crippen molar-refractivity contribution in [2.75, 3.05) is 14.1 Å². The van der Waals surface area contributed by atoms with Gasteiger partial charge in [0.2, 0.25) is 0 Å². The Morgan fingerprint density at radius 2 is 2.40 bits per heavy atom. The second-order valence-corrected chi connectivity index (χ2v) is 5.36. The number of furan rings is 1. The fourth-order valence-corrected chi connectivity index (χ4v) is 2.60. The lowest BCUT2D eigenvalue weighted by atomic mass is 10.4. The highest BCUT2D eigenvalue weighted by Gasteiger charge is 2.09. The van der Waals surface area contributed by atoms with Crippen molar-refractivity contribution >= 4 is 17.3 Å². The zero-order valence-electron chi connectivity index (χ0n) is 12.1. The van der Waals surface area contributed by atoms with E-state index >= 15 is 0 Å². The number of aromatic nitrogens is 1. The van der Waals surface area contributed by atoms with Crippen LogP contribution in [0.25, 0.3) is 0 Å². The molecule has 0 radical (unpaired) electrons. The van der Waals surface area contributed by atoms with Gasteiger partial charge in [0, 0.05) is 19.5 Å². The maximum atomic E-state index is 5.34. The van der Waals surface area contributed by atoms with Gasteiger partial charge in [-0.3, -0.25) is 4.99 Å². The summed E-state index contributed by atoms with van der Waals surface area (Å²) in [6.45, 7) is 3.49. The lowest BCUT2D eigenvalue weighted by molar-refractivity contribution is 0.400. The van der Waals surface area contributed by atoms with Gasteiger partial charge < -0.3 is 14.6 Å². The molecule has 0 bridgehead atoms. The minimum absolute atomic E-state index is 0.684. The summed E-state index contributed by atoms with van der Waals surface area (Å²) in [5.41, 5.74) is 1.05. The lowest BCUT2D eigenvalue weighted by Gasteiger charge is -2.20. The van der Waals surface area contributed by atoms with Crippen molar-refractivity contribution in [3.05, 3.63) is 40.2 Å². The lowest BCUT2D eigenvalue weighted by Crippen LogP contribution is -2.38. The molecule has 0 unspecified atom stereocenters. The molecular formula is C14H20N4OS. The molecule has 0 spiro atoms. The number of hydrogen-bond acceptors (Lipinski definition) is 4. The van der Waals surface area contributed by atoms with Crippen LogP contribution in [0.15, 0.2) is 33.2 Å². The molecule has 1 N–H and O–H groups in total. The molecule has 0 saturated carbocycles. The molecule has 2 aromatic heterocycles. The molecule has 0 aromatic carbocycles. The predicted octanol–water partition coefficient (Wildman–Crippen LogP) is 2.51. The summed E-state index contributed by atoms with van der Waals surface area (Å²) in [6, 6.07) is 3.85. The standard InChI is InChI=1S/C14H20N4OS/c1-4-13-17-11(10-20-13)8-16-14(15-2)18(3)9-12-6-5-7-19-12/h5-7,10H,4,8-9H2,1-3H3,(H,15,16). The normalized spacial score (nSPS) is 11.7. The summed E-state index contributed by atoms with van der Waals surface area (Å²) < 4.78 is 5.34. The summed E-state index contributed by atoms with van der Waals surface area (Å²) >= 11 is 1.70. The monoisotopic (exact) mass is 292 g/mol. The van der Waals surface area contributed by atoms with Crippen molar-refractivity contribution in [2.24, 2.45) is 4.99 Å². The smallest absolute Gasteiger partial charge is 0.194 e. The highest BCUT2D eigenvalue weighted by atomic mass is 32.1. The Bertz CT molecular complexity index is 547. The molecule has 0 saturated heterocycles. The van der Waals surface area contributed by atoms with E-state index in [0.29, 0.717) is 13.1 Å². The fourth-order valence-electron chi connectivity index (χ4n) is 1.86. The predicted molar refractivity (Wildman–Crippen MR) is 81.9 cm³/mol. The summed E-state index contributed by atoms with van der Waals surface area (Å²) in [5.74, 6) is 1.74. The van der Waals surface area contributed by atoms with Crippen LogP contribution in [-0.2, 0) is 19.5 Å². The highest BCUT2D eigenvalue weighted by molar-refractivity contribution is 7.09. The molecule has 0 aliphatic carbocycles. The Labute approximate surface area is 123 Å². The van der Waals surface area contributed by atoms with E-state index in [0.717, 1.165) is 23.8 Å². The number of aliphatic imine (C=N–C) groups is 1. The van der Waals surface area contributed by atoms with Gasteiger partial charge in [-0.1, -0.05) is 6.92 Å². The van der Waals surface area contributed by atoms with E-state index in [9.17, 15) is 0 Å². The first-order chi connectivity index (χ1) is 9.72. The van der Waals surface area contributed by atoms with Gasteiger partial charge in [-0.05, 0) is 18.6 Å². The molecule has 0 aliphatic heterocycles. The van der Waals surface area contributed by atoms with Crippen LogP contribution in [-0.4, -0.2) is 29.9 Å². The first kappa shape index (κ1) is 14.6. The summed E-state index contributed by atoms with van der Waals surface area (Å²) in [7, 11) is 3.76. The van der Waals surface area contributed by atoms with Crippen LogP contribution in [0.1, 0.15) is 23.4 Å². The third kappa shape index (κ3) is 3.84. The molecule has 6 heteroatoms.